The predicted octanol–water partition coefficient (Wildman–Crippen LogP) is 2.18. The lowest BCUT2D eigenvalue weighted by molar-refractivity contribution is -0.153. The fraction of sp³-hybridized carbons (Fsp3) is 0.812. The zero-order chi connectivity index (χ0) is 13.4. The van der Waals surface area contributed by atoms with Crippen LogP contribution in [0.5, 0.6) is 0 Å². The number of hydrogen-bond acceptors (Lipinski definition) is 3. The van der Waals surface area contributed by atoms with Gasteiger partial charge in [0.1, 0.15) is 0 Å². The minimum absolute atomic E-state index is 0.136. The zero-order valence-electron chi connectivity index (χ0n) is 11.4. The van der Waals surface area contributed by atoms with E-state index in [1.54, 1.807) is 0 Å². The van der Waals surface area contributed by atoms with E-state index in [1.807, 2.05) is 0 Å². The Hall–Kier alpha value is -0.990. The summed E-state index contributed by atoms with van der Waals surface area (Å²) in [5, 5.41) is 0. The second-order valence-electron chi connectivity index (χ2n) is 7.51. The zero-order valence-corrected chi connectivity index (χ0v) is 11.4. The summed E-state index contributed by atoms with van der Waals surface area (Å²) in [5.41, 5.74) is 0.338. The third-order valence-corrected chi connectivity index (χ3v) is 6.86. The van der Waals surface area contributed by atoms with Gasteiger partial charge in [-0.25, -0.2) is 0 Å². The van der Waals surface area contributed by atoms with Crippen molar-refractivity contribution in [2.24, 2.45) is 35.0 Å². The molecule has 2 bridgehead atoms. The van der Waals surface area contributed by atoms with Crippen molar-refractivity contribution in [3.63, 3.8) is 0 Å². The van der Waals surface area contributed by atoms with Gasteiger partial charge in [-0.3, -0.25) is 14.4 Å². The second kappa shape index (κ2) is 3.56. The van der Waals surface area contributed by atoms with Crippen molar-refractivity contribution in [3.05, 3.63) is 0 Å². The van der Waals surface area contributed by atoms with Crippen molar-refractivity contribution in [1.82, 2.24) is 0 Å². The van der Waals surface area contributed by atoms with Crippen LogP contribution in [-0.2, 0) is 14.4 Å². The highest BCUT2D eigenvalue weighted by Crippen LogP contribution is 2.66. The fourth-order valence-corrected chi connectivity index (χ4v) is 5.95. The van der Waals surface area contributed by atoms with Crippen LogP contribution in [0.1, 0.15) is 45.4 Å². The summed E-state index contributed by atoms with van der Waals surface area (Å²) in [6, 6.07) is 0. The van der Waals surface area contributed by atoms with Gasteiger partial charge in [-0.2, -0.15) is 0 Å². The first-order valence-corrected chi connectivity index (χ1v) is 7.62. The quantitative estimate of drug-likeness (QED) is 0.627. The number of ketones is 3. The van der Waals surface area contributed by atoms with E-state index in [4.69, 9.17) is 0 Å². The summed E-state index contributed by atoms with van der Waals surface area (Å²) >= 11 is 0. The Morgan fingerprint density at radius 3 is 2.63 bits per heavy atom. The normalized spacial score (nSPS) is 52.3. The summed E-state index contributed by atoms with van der Waals surface area (Å²) in [6.45, 7) is 2.38. The van der Waals surface area contributed by atoms with Gasteiger partial charge in [-0.1, -0.05) is 6.92 Å². The van der Waals surface area contributed by atoms with Gasteiger partial charge in [0.05, 0.1) is 0 Å². The third-order valence-electron chi connectivity index (χ3n) is 6.86. The van der Waals surface area contributed by atoms with E-state index in [9.17, 15) is 14.4 Å². The minimum atomic E-state index is -0.715. The first kappa shape index (κ1) is 11.8. The van der Waals surface area contributed by atoms with Crippen LogP contribution in [0.2, 0.25) is 0 Å². The van der Waals surface area contributed by atoms with Crippen LogP contribution in [0.3, 0.4) is 0 Å². The van der Waals surface area contributed by atoms with Crippen LogP contribution >= 0.6 is 0 Å². The molecule has 0 amide bonds. The highest BCUT2D eigenvalue weighted by atomic mass is 16.2. The smallest absolute Gasteiger partial charge is 0.264 e. The Bertz CT molecular complexity index is 494. The number of rotatable bonds is 0. The molecule has 4 fully saturated rings. The number of fused-ring (bicyclic) bond motifs is 6. The highest BCUT2D eigenvalue weighted by Gasteiger charge is 2.61. The molecule has 0 aliphatic heterocycles. The SMILES string of the molecule is CC12CC3CC(=O)C(=O)C(=O)C3CC1C1CCC2C1. The van der Waals surface area contributed by atoms with Crippen LogP contribution in [-0.4, -0.2) is 17.3 Å². The fourth-order valence-electron chi connectivity index (χ4n) is 5.95. The van der Waals surface area contributed by atoms with E-state index in [1.165, 1.54) is 19.3 Å². The van der Waals surface area contributed by atoms with Gasteiger partial charge in [-0.05, 0) is 61.2 Å². The number of hydrogen-bond donors (Lipinski definition) is 0. The molecule has 0 aromatic heterocycles. The average molecular weight is 260 g/mol. The summed E-state index contributed by atoms with van der Waals surface area (Å²) in [7, 11) is 0. The number of Topliss-reactive ketones (excluding diaryl/α,β-unsaturated/α-hetero) is 3. The van der Waals surface area contributed by atoms with Crippen LogP contribution in [0.15, 0.2) is 0 Å². The molecule has 0 heterocycles. The van der Waals surface area contributed by atoms with Crippen molar-refractivity contribution < 1.29 is 14.4 Å². The first-order valence-electron chi connectivity index (χ1n) is 7.62. The molecule has 3 heteroatoms. The Balaban J connectivity index is 1.68. The minimum Gasteiger partial charge on any atom is -0.290 e. The number of carbonyl (C=O) groups is 3. The highest BCUT2D eigenvalue weighted by molar-refractivity contribution is 6.65. The summed E-state index contributed by atoms with van der Waals surface area (Å²) in [6.07, 6.45) is 6.15. The van der Waals surface area contributed by atoms with Crippen molar-refractivity contribution in [3.8, 4) is 0 Å². The van der Waals surface area contributed by atoms with Crippen molar-refractivity contribution in [2.75, 3.05) is 0 Å². The molecule has 4 saturated carbocycles. The molecule has 102 valence electrons. The maximum Gasteiger partial charge on any atom is 0.264 e. The molecular weight excluding hydrogens is 240 g/mol. The third kappa shape index (κ3) is 1.36. The van der Waals surface area contributed by atoms with Gasteiger partial charge in [0.2, 0.25) is 11.6 Å². The van der Waals surface area contributed by atoms with E-state index in [0.29, 0.717) is 17.8 Å². The van der Waals surface area contributed by atoms with Gasteiger partial charge in [-0.15, -0.1) is 0 Å². The maximum absolute atomic E-state index is 12.1. The van der Waals surface area contributed by atoms with E-state index in [2.05, 4.69) is 6.92 Å². The molecule has 0 aromatic rings. The van der Waals surface area contributed by atoms with E-state index < -0.39 is 11.6 Å². The lowest BCUT2D eigenvalue weighted by atomic mass is 9.52. The van der Waals surface area contributed by atoms with Crippen LogP contribution in [0, 0.1) is 35.0 Å². The Morgan fingerprint density at radius 1 is 1.05 bits per heavy atom. The largest absolute Gasteiger partial charge is 0.290 e. The molecule has 4 rings (SSSR count). The van der Waals surface area contributed by atoms with Crippen LogP contribution in [0.4, 0.5) is 0 Å². The molecule has 3 nitrogen and oxygen atoms in total. The number of carbonyl (C=O) groups excluding carboxylic acids is 3. The Labute approximate surface area is 113 Å². The Morgan fingerprint density at radius 2 is 1.84 bits per heavy atom. The average Bonchev–Trinajstić information content (AvgIpc) is 2.94. The molecule has 6 unspecified atom stereocenters. The molecule has 0 aromatic carbocycles. The molecule has 19 heavy (non-hydrogen) atoms. The monoisotopic (exact) mass is 260 g/mol. The predicted molar refractivity (Wildman–Crippen MR) is 68.3 cm³/mol. The van der Waals surface area contributed by atoms with Gasteiger partial charge < -0.3 is 0 Å². The first-order chi connectivity index (χ1) is 9.00. The van der Waals surface area contributed by atoms with Gasteiger partial charge in [0, 0.05) is 12.3 Å². The van der Waals surface area contributed by atoms with Gasteiger partial charge in [0.25, 0.3) is 5.78 Å². The summed E-state index contributed by atoms with van der Waals surface area (Å²) < 4.78 is 0. The van der Waals surface area contributed by atoms with Gasteiger partial charge >= 0.3 is 0 Å². The van der Waals surface area contributed by atoms with Crippen molar-refractivity contribution in [1.29, 1.82) is 0 Å². The molecule has 0 N–H and O–H groups in total. The lowest BCUT2D eigenvalue weighted by Gasteiger charge is -2.51. The standard InChI is InChI=1S/C16H20O3/c1-16-7-9-5-13(17)15(19)14(18)11(9)6-12(16)8-2-3-10(16)4-8/h8-12H,2-7H2,1H3. The maximum atomic E-state index is 12.1. The summed E-state index contributed by atoms with van der Waals surface area (Å²) in [4.78, 5) is 35.4. The molecule has 4 aliphatic rings. The summed E-state index contributed by atoms with van der Waals surface area (Å²) in [5.74, 6) is 0.691. The second-order valence-corrected chi connectivity index (χ2v) is 7.51. The van der Waals surface area contributed by atoms with Gasteiger partial charge in [0.15, 0.2) is 0 Å². The molecular formula is C16H20O3. The van der Waals surface area contributed by atoms with E-state index in [-0.39, 0.29) is 17.6 Å². The molecule has 0 saturated heterocycles. The van der Waals surface area contributed by atoms with E-state index >= 15 is 0 Å². The van der Waals surface area contributed by atoms with Crippen molar-refractivity contribution >= 4 is 17.3 Å². The molecule has 0 radical (unpaired) electrons. The molecule has 4 aliphatic carbocycles. The topological polar surface area (TPSA) is 51.2 Å². The molecule has 0 spiro atoms. The molecule has 6 atom stereocenters. The van der Waals surface area contributed by atoms with E-state index in [0.717, 1.165) is 24.7 Å². The lowest BCUT2D eigenvalue weighted by Crippen LogP contribution is -2.51. The Kier molecular flexibility index (Phi) is 2.21. The van der Waals surface area contributed by atoms with Crippen LogP contribution in [0.25, 0.3) is 0 Å². The van der Waals surface area contributed by atoms with Crippen LogP contribution < -0.4 is 0 Å². The van der Waals surface area contributed by atoms with Crippen molar-refractivity contribution in [2.45, 2.75) is 45.4 Å².